The first kappa shape index (κ1) is 23.8. The third kappa shape index (κ3) is 6.58. The second kappa shape index (κ2) is 11.2. The van der Waals surface area contributed by atoms with Gasteiger partial charge in [0.05, 0.1) is 16.3 Å². The number of nitrogens with zero attached hydrogens (tertiary/aromatic N) is 2. The molecule has 2 heterocycles. The third-order valence-corrected chi connectivity index (χ3v) is 6.69. The average molecular weight is 465 g/mol. The van der Waals surface area contributed by atoms with E-state index in [0.717, 1.165) is 43.1 Å². The number of carbonyl (C=O) groups is 1. The summed E-state index contributed by atoms with van der Waals surface area (Å²) in [7, 11) is 0. The van der Waals surface area contributed by atoms with Crippen molar-refractivity contribution in [3.8, 4) is 0 Å². The Morgan fingerprint density at radius 3 is 2.19 bits per heavy atom. The van der Waals surface area contributed by atoms with Crippen LogP contribution in [0.1, 0.15) is 60.6 Å². The van der Waals surface area contributed by atoms with Crippen LogP contribution in [0.4, 0.5) is 0 Å². The first-order valence-electron chi connectivity index (χ1n) is 11.0. The molecule has 0 amide bonds. The van der Waals surface area contributed by atoms with Gasteiger partial charge in [0.15, 0.2) is 0 Å². The van der Waals surface area contributed by atoms with Gasteiger partial charge in [0.1, 0.15) is 5.02 Å². The van der Waals surface area contributed by atoms with E-state index in [1.165, 1.54) is 25.3 Å². The van der Waals surface area contributed by atoms with Crippen LogP contribution in [0.2, 0.25) is 10.0 Å². The van der Waals surface area contributed by atoms with Crippen LogP contribution in [0.25, 0.3) is 0 Å². The zero-order chi connectivity index (χ0) is 22.4. The fourth-order valence-electron chi connectivity index (χ4n) is 3.85. The zero-order valence-electron chi connectivity index (χ0n) is 17.9. The third-order valence-electron chi connectivity index (χ3n) is 6.10. The van der Waals surface area contributed by atoms with Crippen LogP contribution >= 0.6 is 23.2 Å². The van der Waals surface area contributed by atoms with Crippen LogP contribution in [0, 0.1) is 5.92 Å². The first-order chi connectivity index (χ1) is 14.8. The van der Waals surface area contributed by atoms with Crippen molar-refractivity contribution in [2.24, 2.45) is 5.92 Å². The van der Waals surface area contributed by atoms with E-state index in [1.54, 1.807) is 28.8 Å². The number of benzene rings is 1. The summed E-state index contributed by atoms with van der Waals surface area (Å²) in [5.41, 5.74) is 1.73. The van der Waals surface area contributed by atoms with Gasteiger partial charge in [-0.15, -0.1) is 0 Å². The molecule has 0 radical (unpaired) electrons. The molecule has 1 aromatic carbocycles. The predicted molar refractivity (Wildman–Crippen MR) is 125 cm³/mol. The van der Waals surface area contributed by atoms with Gasteiger partial charge in [-0.3, -0.25) is 9.69 Å². The van der Waals surface area contributed by atoms with E-state index in [4.69, 9.17) is 28.3 Å². The van der Waals surface area contributed by atoms with Crippen molar-refractivity contribution in [1.29, 1.82) is 0 Å². The minimum atomic E-state index is -0.956. The van der Waals surface area contributed by atoms with Crippen LogP contribution in [0.3, 0.4) is 0 Å². The number of carboxylic acid groups (broad SMARTS) is 1. The highest BCUT2D eigenvalue weighted by molar-refractivity contribution is 6.34. The van der Waals surface area contributed by atoms with Crippen molar-refractivity contribution in [3.63, 3.8) is 0 Å². The molecule has 1 N–H and O–H groups in total. The summed E-state index contributed by atoms with van der Waals surface area (Å²) in [5, 5.41) is 9.59. The lowest BCUT2D eigenvalue weighted by molar-refractivity contribution is 0.0697. The molecule has 1 saturated carbocycles. The van der Waals surface area contributed by atoms with Gasteiger partial charge in [0.2, 0.25) is 0 Å². The Kier molecular flexibility index (Phi) is 8.58. The summed E-state index contributed by atoms with van der Waals surface area (Å²) in [4.78, 5) is 25.8. The number of aryl methyl sites for hydroxylation is 1. The molecule has 31 heavy (non-hydrogen) atoms. The van der Waals surface area contributed by atoms with E-state index in [0.29, 0.717) is 24.5 Å². The Hall–Kier alpha value is -1.82. The minimum absolute atomic E-state index is 0.112. The van der Waals surface area contributed by atoms with Crippen molar-refractivity contribution in [3.05, 3.63) is 67.6 Å². The number of aromatic carboxylic acids is 1. The SMILES string of the molecule is CC1CCC1.O=C(O)c1ccc(CCn2c(CN3CCCC3)c(Cl)cc(Cl)c2=O)cc1. The van der Waals surface area contributed by atoms with Gasteiger partial charge < -0.3 is 9.67 Å². The lowest BCUT2D eigenvalue weighted by Gasteiger charge is -2.20. The average Bonchev–Trinajstić information content (AvgIpc) is 3.24. The monoisotopic (exact) mass is 464 g/mol. The topological polar surface area (TPSA) is 62.5 Å². The number of hydrogen-bond acceptors (Lipinski definition) is 3. The lowest BCUT2D eigenvalue weighted by Crippen LogP contribution is -2.29. The number of likely N-dealkylation sites (tertiary alicyclic amines) is 1. The van der Waals surface area contributed by atoms with E-state index in [2.05, 4.69) is 11.8 Å². The number of hydrogen-bond donors (Lipinski definition) is 1. The number of carboxylic acids is 1. The standard InChI is InChI=1S/C19H20Cl2N2O3.C5H10/c20-15-11-16(21)18(24)23(17(15)12-22-8-1-2-9-22)10-7-13-3-5-14(6-4-13)19(25)26;1-5-3-2-4-5/h3-6,11H,1-2,7-10,12H2,(H,25,26);5H,2-4H2,1H3. The Balaban J connectivity index is 0.000000478. The molecule has 0 unspecified atom stereocenters. The first-order valence-corrected chi connectivity index (χ1v) is 11.7. The van der Waals surface area contributed by atoms with Crippen LogP contribution in [0.15, 0.2) is 35.1 Å². The van der Waals surface area contributed by atoms with Gasteiger partial charge in [-0.05, 0) is 62.0 Å². The molecule has 2 fully saturated rings. The fourth-order valence-corrected chi connectivity index (χ4v) is 4.39. The Morgan fingerprint density at radius 1 is 1.06 bits per heavy atom. The summed E-state index contributed by atoms with van der Waals surface area (Å²) in [6.45, 7) is 5.38. The lowest BCUT2D eigenvalue weighted by atomic mass is 9.88. The molecule has 0 spiro atoms. The minimum Gasteiger partial charge on any atom is -0.478 e. The number of aromatic nitrogens is 1. The molecule has 1 aliphatic heterocycles. The van der Waals surface area contributed by atoms with Crippen molar-refractivity contribution in [2.45, 2.75) is 58.5 Å². The molecule has 5 nitrogen and oxygen atoms in total. The van der Waals surface area contributed by atoms with E-state index in [1.807, 2.05) is 0 Å². The normalized spacial score (nSPS) is 16.5. The quantitative estimate of drug-likeness (QED) is 0.612. The second-order valence-electron chi connectivity index (χ2n) is 8.52. The largest absolute Gasteiger partial charge is 0.478 e. The second-order valence-corrected chi connectivity index (χ2v) is 9.33. The summed E-state index contributed by atoms with van der Waals surface area (Å²) in [6, 6.07) is 8.18. The molecule has 0 bridgehead atoms. The fraction of sp³-hybridized carbons (Fsp3) is 0.500. The molecular formula is C24H30Cl2N2O3. The molecule has 1 saturated heterocycles. The van der Waals surface area contributed by atoms with Crippen LogP contribution in [0.5, 0.6) is 0 Å². The van der Waals surface area contributed by atoms with Gasteiger partial charge >= 0.3 is 5.97 Å². The summed E-state index contributed by atoms with van der Waals surface area (Å²) < 4.78 is 1.65. The van der Waals surface area contributed by atoms with Crippen molar-refractivity contribution in [1.82, 2.24) is 9.47 Å². The predicted octanol–water partition coefficient (Wildman–Crippen LogP) is 5.50. The number of pyridine rings is 1. The van der Waals surface area contributed by atoms with Gasteiger partial charge in [-0.2, -0.15) is 0 Å². The van der Waals surface area contributed by atoms with Crippen molar-refractivity contribution < 1.29 is 9.90 Å². The summed E-state index contributed by atoms with van der Waals surface area (Å²) in [5.74, 6) is 0.109. The molecule has 4 rings (SSSR count). The molecule has 1 aliphatic carbocycles. The van der Waals surface area contributed by atoms with Crippen molar-refractivity contribution in [2.75, 3.05) is 13.1 Å². The van der Waals surface area contributed by atoms with Gasteiger partial charge in [-0.25, -0.2) is 4.79 Å². The maximum Gasteiger partial charge on any atom is 0.335 e. The molecule has 1 aromatic heterocycles. The van der Waals surface area contributed by atoms with E-state index in [9.17, 15) is 9.59 Å². The zero-order valence-corrected chi connectivity index (χ0v) is 19.5. The smallest absolute Gasteiger partial charge is 0.335 e. The maximum absolute atomic E-state index is 12.6. The summed E-state index contributed by atoms with van der Waals surface area (Å²) in [6.07, 6.45) is 7.36. The summed E-state index contributed by atoms with van der Waals surface area (Å²) >= 11 is 12.4. The molecule has 7 heteroatoms. The molecule has 0 atom stereocenters. The van der Waals surface area contributed by atoms with Gasteiger partial charge in [-0.1, -0.05) is 61.5 Å². The molecular weight excluding hydrogens is 435 g/mol. The number of rotatable bonds is 6. The Bertz CT molecular complexity index is 947. The van der Waals surface area contributed by atoms with Crippen LogP contribution in [-0.2, 0) is 19.5 Å². The van der Waals surface area contributed by atoms with E-state index >= 15 is 0 Å². The Labute approximate surface area is 193 Å². The highest BCUT2D eigenvalue weighted by atomic mass is 35.5. The van der Waals surface area contributed by atoms with Gasteiger partial charge in [0, 0.05) is 13.1 Å². The van der Waals surface area contributed by atoms with Crippen LogP contribution < -0.4 is 5.56 Å². The maximum atomic E-state index is 12.6. The molecule has 2 aliphatic rings. The Morgan fingerprint density at radius 2 is 1.68 bits per heavy atom. The molecule has 2 aromatic rings. The van der Waals surface area contributed by atoms with Gasteiger partial charge in [0.25, 0.3) is 5.56 Å². The van der Waals surface area contributed by atoms with E-state index in [-0.39, 0.29) is 16.1 Å². The molecule has 168 valence electrons. The highest BCUT2D eigenvalue weighted by Gasteiger charge is 2.18. The van der Waals surface area contributed by atoms with Crippen molar-refractivity contribution >= 4 is 29.2 Å². The van der Waals surface area contributed by atoms with Crippen LogP contribution in [-0.4, -0.2) is 33.6 Å². The number of halogens is 2. The van der Waals surface area contributed by atoms with E-state index < -0.39 is 5.97 Å². The highest BCUT2D eigenvalue weighted by Crippen LogP contribution is 2.24.